The van der Waals surface area contributed by atoms with Crippen LogP contribution in [-0.4, -0.2) is 54.3 Å². The molecule has 0 radical (unpaired) electrons. The fourth-order valence-electron chi connectivity index (χ4n) is 3.79. The van der Waals surface area contributed by atoms with Crippen LogP contribution in [0.1, 0.15) is 19.3 Å². The van der Waals surface area contributed by atoms with E-state index in [-0.39, 0.29) is 23.9 Å². The number of ether oxygens (including phenoxy) is 1. The lowest BCUT2D eigenvalue weighted by Crippen LogP contribution is -2.59. The average molecular weight is 368 g/mol. The lowest BCUT2D eigenvalue weighted by atomic mass is 9.88. The number of likely N-dealkylation sites (tertiary alicyclic amines) is 1. The van der Waals surface area contributed by atoms with Gasteiger partial charge in [0, 0.05) is 31.4 Å². The van der Waals surface area contributed by atoms with Gasteiger partial charge in [-0.1, -0.05) is 37.5 Å². The first-order valence-electron chi connectivity index (χ1n) is 9.45. The molecule has 2 aliphatic heterocycles. The third-order valence-corrected chi connectivity index (χ3v) is 5.47. The second-order valence-electron chi connectivity index (χ2n) is 7.24. The molecule has 2 saturated heterocycles. The summed E-state index contributed by atoms with van der Waals surface area (Å²) in [5.74, 6) is 0.111. The third-order valence-electron chi connectivity index (χ3n) is 5.47. The number of hydrogen-bond acceptors (Lipinski definition) is 4. The zero-order valence-electron chi connectivity index (χ0n) is 15.8. The quantitative estimate of drug-likeness (QED) is 0.783. The molecule has 5 heteroatoms. The Morgan fingerprint density at radius 2 is 2.07 bits per heavy atom. The molecule has 144 valence electrons. The van der Waals surface area contributed by atoms with Gasteiger partial charge in [-0.15, -0.1) is 0 Å². The van der Waals surface area contributed by atoms with Gasteiger partial charge in [-0.25, -0.2) is 0 Å². The van der Waals surface area contributed by atoms with E-state index < -0.39 is 0 Å². The highest BCUT2D eigenvalue weighted by Crippen LogP contribution is 2.33. The molecule has 2 fully saturated rings. The molecule has 3 rings (SSSR count). The van der Waals surface area contributed by atoms with Crippen LogP contribution in [0.25, 0.3) is 0 Å². The number of hydrogen-bond donors (Lipinski definition) is 1. The van der Waals surface area contributed by atoms with Gasteiger partial charge in [0.2, 0.25) is 0 Å². The van der Waals surface area contributed by atoms with Crippen molar-refractivity contribution in [3.05, 3.63) is 61.2 Å². The van der Waals surface area contributed by atoms with Crippen LogP contribution in [-0.2, 0) is 9.53 Å². The summed E-state index contributed by atoms with van der Waals surface area (Å²) >= 11 is 0. The molecular formula is C22H28N2O3. The number of benzene rings is 1. The summed E-state index contributed by atoms with van der Waals surface area (Å²) in [4.78, 5) is 16.5. The molecule has 1 aromatic rings. The molecule has 1 spiro atoms. The summed E-state index contributed by atoms with van der Waals surface area (Å²) in [6.07, 6.45) is 8.42. The number of phenols is 1. The Morgan fingerprint density at radius 3 is 2.74 bits per heavy atom. The van der Waals surface area contributed by atoms with Crippen molar-refractivity contribution in [1.82, 2.24) is 4.90 Å². The SMILES string of the molecule is C=C/C=C(\C=C)CCN1CCC2(CC1)CN(c1cccc(O)c1)C(=O)CO2. The smallest absolute Gasteiger partial charge is 0.253 e. The highest BCUT2D eigenvalue weighted by molar-refractivity contribution is 5.95. The van der Waals surface area contributed by atoms with Crippen LogP contribution in [0, 0.1) is 0 Å². The van der Waals surface area contributed by atoms with E-state index in [4.69, 9.17) is 4.74 Å². The van der Waals surface area contributed by atoms with Crippen molar-refractivity contribution in [2.45, 2.75) is 24.9 Å². The highest BCUT2D eigenvalue weighted by Gasteiger charge is 2.42. The van der Waals surface area contributed by atoms with Crippen LogP contribution in [0.3, 0.4) is 0 Å². The van der Waals surface area contributed by atoms with Gasteiger partial charge >= 0.3 is 0 Å². The molecule has 1 aromatic carbocycles. The predicted molar refractivity (Wildman–Crippen MR) is 108 cm³/mol. The Hall–Kier alpha value is -2.37. The summed E-state index contributed by atoms with van der Waals surface area (Å²) in [6, 6.07) is 6.86. The number of piperidine rings is 1. The minimum Gasteiger partial charge on any atom is -0.508 e. The molecule has 0 atom stereocenters. The monoisotopic (exact) mass is 368 g/mol. The third kappa shape index (κ3) is 4.67. The Morgan fingerprint density at radius 1 is 1.30 bits per heavy atom. The molecular weight excluding hydrogens is 340 g/mol. The van der Waals surface area contributed by atoms with E-state index >= 15 is 0 Å². The van der Waals surface area contributed by atoms with E-state index in [0.717, 1.165) is 44.6 Å². The number of aromatic hydroxyl groups is 1. The van der Waals surface area contributed by atoms with E-state index in [1.807, 2.05) is 18.2 Å². The molecule has 2 aliphatic rings. The number of carbonyl (C=O) groups is 1. The van der Waals surface area contributed by atoms with Crippen LogP contribution in [0.4, 0.5) is 5.69 Å². The molecule has 1 amide bonds. The fraction of sp³-hybridized carbons (Fsp3) is 0.409. The predicted octanol–water partition coefficient (Wildman–Crippen LogP) is 3.28. The highest BCUT2D eigenvalue weighted by atomic mass is 16.5. The second kappa shape index (κ2) is 8.55. The normalized spacial score (nSPS) is 20.7. The molecule has 1 N–H and O–H groups in total. The van der Waals surface area contributed by atoms with Crippen molar-refractivity contribution in [2.24, 2.45) is 0 Å². The lowest BCUT2D eigenvalue weighted by molar-refractivity contribution is -0.144. The van der Waals surface area contributed by atoms with E-state index in [1.54, 1.807) is 29.2 Å². The van der Waals surface area contributed by atoms with Gasteiger partial charge < -0.3 is 19.6 Å². The molecule has 0 aliphatic carbocycles. The first-order chi connectivity index (χ1) is 13.0. The average Bonchev–Trinajstić information content (AvgIpc) is 2.68. The number of anilines is 1. The molecule has 27 heavy (non-hydrogen) atoms. The van der Waals surface area contributed by atoms with E-state index in [0.29, 0.717) is 6.54 Å². The zero-order chi connectivity index (χ0) is 19.3. The molecule has 0 aromatic heterocycles. The first-order valence-corrected chi connectivity index (χ1v) is 9.45. The first kappa shape index (κ1) is 19.4. The minimum atomic E-state index is -0.298. The summed E-state index contributed by atoms with van der Waals surface area (Å²) in [5, 5.41) is 9.74. The number of carbonyl (C=O) groups excluding carboxylic acids is 1. The molecule has 5 nitrogen and oxygen atoms in total. The largest absolute Gasteiger partial charge is 0.508 e. The van der Waals surface area contributed by atoms with Crippen LogP contribution < -0.4 is 4.90 Å². The Labute approximate surface area is 161 Å². The standard InChI is InChI=1S/C22H28N2O3/c1-3-6-18(4-2)9-12-23-13-10-22(11-14-23)17-24(21(26)16-27-22)19-7-5-8-20(25)15-19/h3-8,15,25H,1-2,9-14,16-17H2/b18-6+. The number of allylic oxidation sites excluding steroid dienone is 3. The van der Waals surface area contributed by atoms with Crippen LogP contribution in [0.15, 0.2) is 61.2 Å². The summed E-state index contributed by atoms with van der Waals surface area (Å²) in [5.41, 5.74) is 1.63. The maximum Gasteiger partial charge on any atom is 0.253 e. The van der Waals surface area contributed by atoms with Gasteiger partial charge in [-0.05, 0) is 37.0 Å². The molecule has 0 saturated carbocycles. The number of phenolic OH excluding ortho intramolecular Hbond substituents is 1. The Bertz CT molecular complexity index is 733. The van der Waals surface area contributed by atoms with E-state index in [9.17, 15) is 9.90 Å². The minimum absolute atomic E-state index is 0.0566. The van der Waals surface area contributed by atoms with Crippen molar-refractivity contribution in [3.63, 3.8) is 0 Å². The van der Waals surface area contributed by atoms with Crippen molar-refractivity contribution >= 4 is 11.6 Å². The summed E-state index contributed by atoms with van der Waals surface area (Å²) in [7, 11) is 0. The maximum atomic E-state index is 12.4. The number of amides is 1. The van der Waals surface area contributed by atoms with Gasteiger partial charge in [0.1, 0.15) is 12.4 Å². The van der Waals surface area contributed by atoms with Gasteiger partial charge in [0.05, 0.1) is 12.1 Å². The Balaban J connectivity index is 1.60. The van der Waals surface area contributed by atoms with Crippen molar-refractivity contribution in [3.8, 4) is 5.75 Å². The summed E-state index contributed by atoms with van der Waals surface area (Å²) < 4.78 is 6.01. The van der Waals surface area contributed by atoms with Crippen molar-refractivity contribution < 1.29 is 14.6 Å². The Kier molecular flexibility index (Phi) is 6.14. The van der Waals surface area contributed by atoms with Crippen molar-refractivity contribution in [2.75, 3.05) is 37.7 Å². The van der Waals surface area contributed by atoms with E-state index in [1.165, 1.54) is 5.57 Å². The van der Waals surface area contributed by atoms with E-state index in [2.05, 4.69) is 18.1 Å². The van der Waals surface area contributed by atoms with Gasteiger partial charge in [0.15, 0.2) is 0 Å². The van der Waals surface area contributed by atoms with Crippen LogP contribution in [0.2, 0.25) is 0 Å². The van der Waals surface area contributed by atoms with Gasteiger partial charge in [-0.2, -0.15) is 0 Å². The number of nitrogens with zero attached hydrogens (tertiary/aromatic N) is 2. The van der Waals surface area contributed by atoms with Crippen LogP contribution >= 0.6 is 0 Å². The van der Waals surface area contributed by atoms with Gasteiger partial charge in [-0.3, -0.25) is 4.79 Å². The maximum absolute atomic E-state index is 12.4. The number of rotatable bonds is 6. The molecule has 0 bridgehead atoms. The van der Waals surface area contributed by atoms with Gasteiger partial charge in [0.25, 0.3) is 5.91 Å². The number of morpholine rings is 1. The van der Waals surface area contributed by atoms with Crippen LogP contribution in [0.5, 0.6) is 5.75 Å². The fourth-order valence-corrected chi connectivity index (χ4v) is 3.79. The lowest BCUT2D eigenvalue weighted by Gasteiger charge is -2.47. The summed E-state index contributed by atoms with van der Waals surface area (Å²) in [6.45, 7) is 11.1. The van der Waals surface area contributed by atoms with Crippen molar-refractivity contribution in [1.29, 1.82) is 0 Å². The molecule has 2 heterocycles. The zero-order valence-corrected chi connectivity index (χ0v) is 15.8. The second-order valence-corrected chi connectivity index (χ2v) is 7.24. The molecule has 0 unspecified atom stereocenters. The topological polar surface area (TPSA) is 53.0 Å².